The average molecular weight is 551 g/mol. The number of amides is 1. The molecule has 4 N–H and O–H groups in total. The number of primary amides is 1. The van der Waals surface area contributed by atoms with E-state index in [1.54, 1.807) is 0 Å². The number of aliphatic hydroxyl groups excluding tert-OH is 2. The van der Waals surface area contributed by atoms with E-state index in [9.17, 15) is 37.0 Å². The zero-order chi connectivity index (χ0) is 25.2. The summed E-state index contributed by atoms with van der Waals surface area (Å²) in [6, 6.07) is 5.64. The monoisotopic (exact) mass is 550 g/mol. The maximum atomic E-state index is 14.6. The van der Waals surface area contributed by atoms with Crippen LogP contribution in [-0.4, -0.2) is 33.8 Å². The topological polar surface area (TPSA) is 119 Å². The van der Waals surface area contributed by atoms with Crippen LogP contribution < -0.4 is 10.5 Å². The number of ether oxygens (including phenoxy) is 1. The minimum Gasteiger partial charge on any atom is -0.477 e. The van der Waals surface area contributed by atoms with E-state index >= 15 is 0 Å². The van der Waals surface area contributed by atoms with E-state index in [1.165, 1.54) is 0 Å². The van der Waals surface area contributed by atoms with Gasteiger partial charge in [0, 0.05) is 12.0 Å². The second kappa shape index (κ2) is 10.1. The fourth-order valence-electron chi connectivity index (χ4n) is 2.97. The first-order chi connectivity index (χ1) is 15.9. The summed E-state index contributed by atoms with van der Waals surface area (Å²) < 4.78 is 77.8. The molecule has 1 amide bonds. The summed E-state index contributed by atoms with van der Waals surface area (Å²) in [5.41, 5.74) is 3.39. The van der Waals surface area contributed by atoms with Gasteiger partial charge in [-0.2, -0.15) is 13.2 Å². The number of oxazole rings is 1. The highest BCUT2D eigenvalue weighted by atomic mass is 79.9. The molecular weight excluding hydrogens is 535 g/mol. The van der Waals surface area contributed by atoms with E-state index < -0.39 is 59.4 Å². The van der Waals surface area contributed by atoms with Gasteiger partial charge in [0.05, 0.1) is 18.3 Å². The normalized spacial score (nSPS) is 13.5. The van der Waals surface area contributed by atoms with Crippen molar-refractivity contribution in [3.05, 3.63) is 69.7 Å². The molecule has 0 aliphatic heterocycles. The fraction of sp³-hybridized carbons (Fsp3) is 0.238. The molecule has 0 unspecified atom stereocenters. The lowest BCUT2D eigenvalue weighted by Crippen LogP contribution is -2.21. The lowest BCUT2D eigenvalue weighted by Gasteiger charge is -2.19. The number of nitrogens with two attached hydrogens (primary N) is 1. The number of halogens is 6. The van der Waals surface area contributed by atoms with Gasteiger partial charge < -0.3 is 25.1 Å². The quantitative estimate of drug-likeness (QED) is 0.358. The van der Waals surface area contributed by atoms with Gasteiger partial charge >= 0.3 is 6.18 Å². The third-order valence-electron chi connectivity index (χ3n) is 4.63. The summed E-state index contributed by atoms with van der Waals surface area (Å²) >= 11 is 3.10. The predicted octanol–water partition coefficient (Wildman–Crippen LogP) is 4.36. The minimum atomic E-state index is -4.53. The Labute approximate surface area is 197 Å². The Morgan fingerprint density at radius 3 is 2.38 bits per heavy atom. The zero-order valence-corrected chi connectivity index (χ0v) is 18.5. The number of aliphatic hydroxyl groups is 2. The molecule has 0 aliphatic carbocycles. The number of rotatable bonds is 8. The number of nitrogens with zero attached hydrogens (tertiary/aromatic N) is 1. The number of aromatic nitrogens is 1. The number of carbonyl (C=O) groups is 1. The molecule has 182 valence electrons. The molecule has 0 fully saturated rings. The van der Waals surface area contributed by atoms with Crippen LogP contribution in [0.15, 0.2) is 45.5 Å². The molecule has 0 saturated heterocycles. The third kappa shape index (κ3) is 5.54. The largest absolute Gasteiger partial charge is 0.477 e. The van der Waals surface area contributed by atoms with Crippen LogP contribution in [-0.2, 0) is 6.18 Å². The van der Waals surface area contributed by atoms with Crippen LogP contribution in [0.4, 0.5) is 22.0 Å². The van der Waals surface area contributed by atoms with Crippen LogP contribution in [0, 0.1) is 11.6 Å². The van der Waals surface area contributed by atoms with Crippen molar-refractivity contribution in [2.75, 3.05) is 6.61 Å². The van der Waals surface area contributed by atoms with Crippen molar-refractivity contribution in [2.45, 2.75) is 24.8 Å². The molecule has 0 aliphatic rings. The molecule has 0 bridgehead atoms. The minimum absolute atomic E-state index is 0.00764. The number of benzene rings is 2. The molecule has 13 heteroatoms. The number of carbonyl (C=O) groups excluding carboxylic acids is 1. The van der Waals surface area contributed by atoms with Gasteiger partial charge in [0.15, 0.2) is 22.3 Å². The van der Waals surface area contributed by atoms with E-state index in [1.807, 2.05) is 0 Å². The molecular formula is C21H16BrF5N2O5. The van der Waals surface area contributed by atoms with Crippen LogP contribution in [0.3, 0.4) is 0 Å². The predicted molar refractivity (Wildman–Crippen MR) is 111 cm³/mol. The smallest absolute Gasteiger partial charge is 0.416 e. The molecule has 1 heterocycles. The molecule has 0 radical (unpaired) electrons. The van der Waals surface area contributed by atoms with Crippen molar-refractivity contribution in [1.29, 1.82) is 0 Å². The van der Waals surface area contributed by atoms with Crippen molar-refractivity contribution < 1.29 is 46.1 Å². The lowest BCUT2D eigenvalue weighted by molar-refractivity contribution is -0.137. The molecule has 0 saturated carbocycles. The maximum absolute atomic E-state index is 14.6. The summed E-state index contributed by atoms with van der Waals surface area (Å²) in [5, 5.41) is 19.1. The Bertz CT molecular complexity index is 1180. The molecule has 1 aromatic heterocycles. The van der Waals surface area contributed by atoms with Gasteiger partial charge in [0.25, 0.3) is 5.91 Å². The Hall–Kier alpha value is -3.03. The molecule has 3 aromatic rings. The number of alkyl halides is 3. The second-order valence-electron chi connectivity index (χ2n) is 7.03. The van der Waals surface area contributed by atoms with Gasteiger partial charge in [0.2, 0.25) is 5.89 Å². The Morgan fingerprint density at radius 2 is 1.82 bits per heavy atom. The van der Waals surface area contributed by atoms with Crippen molar-refractivity contribution in [3.63, 3.8) is 0 Å². The number of hydrogen-bond donors (Lipinski definition) is 3. The van der Waals surface area contributed by atoms with Crippen LogP contribution in [0.2, 0.25) is 0 Å². The van der Waals surface area contributed by atoms with Crippen molar-refractivity contribution in [3.8, 4) is 17.0 Å². The second-order valence-corrected chi connectivity index (χ2v) is 7.75. The van der Waals surface area contributed by atoms with Gasteiger partial charge in [-0.25, -0.2) is 13.8 Å². The van der Waals surface area contributed by atoms with E-state index in [0.29, 0.717) is 0 Å². The van der Waals surface area contributed by atoms with Gasteiger partial charge in [-0.1, -0.05) is 12.1 Å². The molecule has 0 spiro atoms. The summed E-state index contributed by atoms with van der Waals surface area (Å²) in [4.78, 5) is 15.5. The first-order valence-electron chi connectivity index (χ1n) is 9.49. The first kappa shape index (κ1) is 25.6. The van der Waals surface area contributed by atoms with E-state index in [0.717, 1.165) is 36.4 Å². The summed E-state index contributed by atoms with van der Waals surface area (Å²) in [6.45, 7) is -0.702. The van der Waals surface area contributed by atoms with Gasteiger partial charge in [-0.05, 0) is 40.2 Å². The van der Waals surface area contributed by atoms with Crippen molar-refractivity contribution in [1.82, 2.24) is 4.98 Å². The molecule has 2 aromatic carbocycles. The molecule has 2 atom stereocenters. The summed E-state index contributed by atoms with van der Waals surface area (Å²) in [7, 11) is 0. The summed E-state index contributed by atoms with van der Waals surface area (Å²) in [6.07, 6.45) is -7.64. The van der Waals surface area contributed by atoms with E-state index in [4.69, 9.17) is 14.9 Å². The first-order valence-corrected chi connectivity index (χ1v) is 10.3. The van der Waals surface area contributed by atoms with Gasteiger partial charge in [0.1, 0.15) is 17.1 Å². The van der Waals surface area contributed by atoms with E-state index in [2.05, 4.69) is 20.9 Å². The highest BCUT2D eigenvalue weighted by molar-refractivity contribution is 9.10. The lowest BCUT2D eigenvalue weighted by atomic mass is 10.1. The Kier molecular flexibility index (Phi) is 7.58. The standard InChI is InChI=1S/C21H16BrF5N2O5/c22-18-17(9-1-3-10(4-2-9)21(25,26)27)29-20(34-18)14(7-11(31)8-30)33-13-6-5-12(23)15(16(13)24)19(28)32/h1-6,11,14,30-31H,7-8H2,(H2,28,32)/t11-,14+/m1/s1. The van der Waals surface area contributed by atoms with Crippen LogP contribution in [0.25, 0.3) is 11.3 Å². The van der Waals surface area contributed by atoms with Gasteiger partial charge in [-0.15, -0.1) is 0 Å². The van der Waals surface area contributed by atoms with E-state index in [-0.39, 0.29) is 28.2 Å². The molecule has 3 rings (SSSR count). The zero-order valence-electron chi connectivity index (χ0n) is 16.9. The van der Waals surface area contributed by atoms with Crippen molar-refractivity contribution in [2.24, 2.45) is 5.73 Å². The summed E-state index contributed by atoms with van der Waals surface area (Å²) in [5.74, 6) is -4.86. The van der Waals surface area contributed by atoms with Crippen molar-refractivity contribution >= 4 is 21.8 Å². The maximum Gasteiger partial charge on any atom is 0.416 e. The van der Waals surface area contributed by atoms with Gasteiger partial charge in [-0.3, -0.25) is 4.79 Å². The number of hydrogen-bond acceptors (Lipinski definition) is 6. The molecule has 34 heavy (non-hydrogen) atoms. The fourth-order valence-corrected chi connectivity index (χ4v) is 3.46. The Balaban J connectivity index is 1.98. The van der Waals surface area contributed by atoms with Crippen LogP contribution >= 0.6 is 15.9 Å². The SMILES string of the molecule is NC(=O)c1c(F)ccc(O[C@@H](C[C@@H](O)CO)c2nc(-c3ccc(C(F)(F)F)cc3)c(Br)o2)c1F. The highest BCUT2D eigenvalue weighted by Crippen LogP contribution is 2.36. The molecule has 7 nitrogen and oxygen atoms in total. The Morgan fingerprint density at radius 1 is 1.18 bits per heavy atom. The van der Waals surface area contributed by atoms with Crippen LogP contribution in [0.5, 0.6) is 5.75 Å². The third-order valence-corrected chi connectivity index (χ3v) is 5.17. The highest BCUT2D eigenvalue weighted by Gasteiger charge is 2.31. The van der Waals surface area contributed by atoms with Crippen LogP contribution in [0.1, 0.15) is 34.3 Å². The average Bonchev–Trinajstić information content (AvgIpc) is 3.15.